The first kappa shape index (κ1) is 11.5. The van der Waals surface area contributed by atoms with Crippen LogP contribution in [-0.4, -0.2) is 0 Å². The van der Waals surface area contributed by atoms with Gasteiger partial charge in [-0.15, -0.1) is 0 Å². The maximum absolute atomic E-state index is 5.85. The standard InChI is InChI=1S/C14H16N2O/c15-9-11-5-2-4-8-14(11)17-10-12-6-1-3-7-13(12)16/h1-8H,9-10,15-16H2. The first-order chi connectivity index (χ1) is 8.31. The van der Waals surface area contributed by atoms with Crippen LogP contribution in [0, 0.1) is 0 Å². The molecule has 3 heteroatoms. The number of anilines is 1. The smallest absolute Gasteiger partial charge is 0.124 e. The summed E-state index contributed by atoms with van der Waals surface area (Å²) in [5.74, 6) is 0.818. The number of ether oxygens (including phenoxy) is 1. The van der Waals surface area contributed by atoms with Crippen LogP contribution in [-0.2, 0) is 13.2 Å². The fourth-order valence-electron chi connectivity index (χ4n) is 1.63. The maximum atomic E-state index is 5.85. The van der Waals surface area contributed by atoms with Gasteiger partial charge >= 0.3 is 0 Å². The topological polar surface area (TPSA) is 61.3 Å². The van der Waals surface area contributed by atoms with Crippen LogP contribution in [0.3, 0.4) is 0 Å². The Kier molecular flexibility index (Phi) is 3.62. The van der Waals surface area contributed by atoms with Crippen molar-refractivity contribution in [3.05, 3.63) is 59.7 Å². The fraction of sp³-hybridized carbons (Fsp3) is 0.143. The minimum absolute atomic E-state index is 0.462. The van der Waals surface area contributed by atoms with E-state index in [1.165, 1.54) is 0 Å². The molecular weight excluding hydrogens is 212 g/mol. The largest absolute Gasteiger partial charge is 0.488 e. The number of nitrogen functional groups attached to an aromatic ring is 1. The third kappa shape index (κ3) is 2.77. The Hall–Kier alpha value is -2.00. The molecule has 0 unspecified atom stereocenters. The molecule has 2 rings (SSSR count). The fourth-order valence-corrected chi connectivity index (χ4v) is 1.63. The summed E-state index contributed by atoms with van der Waals surface area (Å²) in [4.78, 5) is 0. The molecule has 0 heterocycles. The Morgan fingerprint density at radius 1 is 0.882 bits per heavy atom. The molecule has 0 aliphatic heterocycles. The molecule has 0 aliphatic carbocycles. The summed E-state index contributed by atoms with van der Waals surface area (Å²) in [5.41, 5.74) is 14.2. The summed E-state index contributed by atoms with van der Waals surface area (Å²) in [7, 11) is 0. The molecule has 0 aliphatic rings. The van der Waals surface area contributed by atoms with Gasteiger partial charge in [-0.3, -0.25) is 0 Å². The van der Waals surface area contributed by atoms with E-state index in [4.69, 9.17) is 16.2 Å². The Morgan fingerprint density at radius 3 is 2.24 bits per heavy atom. The Morgan fingerprint density at radius 2 is 1.53 bits per heavy atom. The third-order valence-electron chi connectivity index (χ3n) is 2.63. The van der Waals surface area contributed by atoms with Crippen molar-refractivity contribution in [3.63, 3.8) is 0 Å². The first-order valence-electron chi connectivity index (χ1n) is 5.55. The average molecular weight is 228 g/mol. The van der Waals surface area contributed by atoms with Gasteiger partial charge in [0, 0.05) is 23.4 Å². The van der Waals surface area contributed by atoms with E-state index in [1.54, 1.807) is 0 Å². The molecule has 0 radical (unpaired) electrons. The van der Waals surface area contributed by atoms with Gasteiger partial charge in [-0.2, -0.15) is 0 Å². The van der Waals surface area contributed by atoms with Gasteiger partial charge in [-0.05, 0) is 12.1 Å². The van der Waals surface area contributed by atoms with Gasteiger partial charge in [0.05, 0.1) is 0 Å². The molecule has 88 valence electrons. The summed E-state index contributed by atoms with van der Waals surface area (Å²) in [6, 6.07) is 15.4. The first-order valence-corrected chi connectivity index (χ1v) is 5.55. The lowest BCUT2D eigenvalue weighted by Crippen LogP contribution is -2.04. The van der Waals surface area contributed by atoms with Gasteiger partial charge in [0.1, 0.15) is 12.4 Å². The van der Waals surface area contributed by atoms with Crippen LogP contribution in [0.4, 0.5) is 5.69 Å². The Balaban J connectivity index is 2.10. The minimum atomic E-state index is 0.462. The highest BCUT2D eigenvalue weighted by Crippen LogP contribution is 2.20. The van der Waals surface area contributed by atoms with Gasteiger partial charge in [-0.25, -0.2) is 0 Å². The van der Waals surface area contributed by atoms with E-state index >= 15 is 0 Å². The van der Waals surface area contributed by atoms with Crippen molar-refractivity contribution in [1.29, 1.82) is 0 Å². The molecule has 0 bridgehead atoms. The van der Waals surface area contributed by atoms with Crippen LogP contribution < -0.4 is 16.2 Å². The highest BCUT2D eigenvalue weighted by molar-refractivity contribution is 5.46. The van der Waals surface area contributed by atoms with Crippen molar-refractivity contribution in [1.82, 2.24) is 0 Å². The van der Waals surface area contributed by atoms with E-state index in [0.29, 0.717) is 13.2 Å². The predicted octanol–water partition coefficient (Wildman–Crippen LogP) is 2.31. The molecule has 2 aromatic carbocycles. The molecule has 2 aromatic rings. The van der Waals surface area contributed by atoms with Gasteiger partial charge in [0.15, 0.2) is 0 Å². The summed E-state index contributed by atoms with van der Waals surface area (Å²) in [5, 5.41) is 0. The average Bonchev–Trinajstić information content (AvgIpc) is 2.38. The van der Waals surface area contributed by atoms with Crippen molar-refractivity contribution in [2.75, 3.05) is 5.73 Å². The van der Waals surface area contributed by atoms with Crippen LogP contribution >= 0.6 is 0 Å². The number of benzene rings is 2. The van der Waals surface area contributed by atoms with Crippen LogP contribution in [0.25, 0.3) is 0 Å². The van der Waals surface area contributed by atoms with Crippen molar-refractivity contribution in [3.8, 4) is 5.75 Å². The number of hydrogen-bond donors (Lipinski definition) is 2. The normalized spacial score (nSPS) is 10.2. The number of rotatable bonds is 4. The zero-order valence-electron chi connectivity index (χ0n) is 9.60. The molecule has 3 nitrogen and oxygen atoms in total. The van der Waals surface area contributed by atoms with E-state index in [9.17, 15) is 0 Å². The number of hydrogen-bond acceptors (Lipinski definition) is 3. The molecule has 0 fully saturated rings. The van der Waals surface area contributed by atoms with Crippen LogP contribution in [0.1, 0.15) is 11.1 Å². The summed E-state index contributed by atoms with van der Waals surface area (Å²) < 4.78 is 5.73. The van der Waals surface area contributed by atoms with Gasteiger partial charge < -0.3 is 16.2 Å². The zero-order chi connectivity index (χ0) is 12.1. The summed E-state index contributed by atoms with van der Waals surface area (Å²) in [6.07, 6.45) is 0. The van der Waals surface area contributed by atoms with Crippen molar-refractivity contribution in [2.24, 2.45) is 5.73 Å². The lowest BCUT2D eigenvalue weighted by molar-refractivity contribution is 0.303. The Bertz CT molecular complexity index is 497. The van der Waals surface area contributed by atoms with E-state index in [-0.39, 0.29) is 0 Å². The van der Waals surface area contributed by atoms with Gasteiger partial charge in [0.25, 0.3) is 0 Å². The van der Waals surface area contributed by atoms with Crippen LogP contribution in [0.5, 0.6) is 5.75 Å². The van der Waals surface area contributed by atoms with Crippen molar-refractivity contribution in [2.45, 2.75) is 13.2 Å². The second-order valence-electron chi connectivity index (χ2n) is 3.80. The molecule has 17 heavy (non-hydrogen) atoms. The number of para-hydroxylation sites is 2. The van der Waals surface area contributed by atoms with Crippen molar-refractivity contribution >= 4 is 5.69 Å². The SMILES string of the molecule is NCc1ccccc1OCc1ccccc1N. The predicted molar refractivity (Wildman–Crippen MR) is 69.5 cm³/mol. The zero-order valence-corrected chi connectivity index (χ0v) is 9.60. The second kappa shape index (κ2) is 5.37. The van der Waals surface area contributed by atoms with E-state index in [2.05, 4.69) is 0 Å². The van der Waals surface area contributed by atoms with E-state index in [1.807, 2.05) is 48.5 Å². The molecule has 0 amide bonds. The molecule has 4 N–H and O–H groups in total. The monoisotopic (exact) mass is 228 g/mol. The summed E-state index contributed by atoms with van der Waals surface area (Å²) >= 11 is 0. The summed E-state index contributed by atoms with van der Waals surface area (Å²) in [6.45, 7) is 0.935. The maximum Gasteiger partial charge on any atom is 0.124 e. The molecular formula is C14H16N2O. The lowest BCUT2D eigenvalue weighted by Gasteiger charge is -2.11. The van der Waals surface area contributed by atoms with Crippen LogP contribution in [0.2, 0.25) is 0 Å². The Labute approximate surface area is 101 Å². The molecule has 0 spiro atoms. The number of nitrogens with two attached hydrogens (primary N) is 2. The molecule has 0 saturated heterocycles. The quantitative estimate of drug-likeness (QED) is 0.789. The van der Waals surface area contributed by atoms with E-state index < -0.39 is 0 Å². The highest BCUT2D eigenvalue weighted by atomic mass is 16.5. The van der Waals surface area contributed by atoms with Gasteiger partial charge in [-0.1, -0.05) is 36.4 Å². The molecule has 0 atom stereocenters. The van der Waals surface area contributed by atoms with Crippen molar-refractivity contribution < 1.29 is 4.74 Å². The van der Waals surface area contributed by atoms with Crippen LogP contribution in [0.15, 0.2) is 48.5 Å². The highest BCUT2D eigenvalue weighted by Gasteiger charge is 2.02. The molecule has 0 saturated carbocycles. The van der Waals surface area contributed by atoms with Gasteiger partial charge in [0.2, 0.25) is 0 Å². The molecule has 0 aromatic heterocycles. The lowest BCUT2D eigenvalue weighted by atomic mass is 10.2. The minimum Gasteiger partial charge on any atom is -0.488 e. The van der Waals surface area contributed by atoms with E-state index in [0.717, 1.165) is 22.6 Å². The third-order valence-corrected chi connectivity index (χ3v) is 2.63. The second-order valence-corrected chi connectivity index (χ2v) is 3.80.